The van der Waals surface area contributed by atoms with Crippen LogP contribution in [-0.4, -0.2) is 54.4 Å². The van der Waals surface area contributed by atoms with E-state index in [2.05, 4.69) is 5.32 Å². The number of hydrogen-bond donors (Lipinski definition) is 2. The third-order valence-corrected chi connectivity index (χ3v) is 2.94. The number of aliphatic carboxylic acids is 1. The summed E-state index contributed by atoms with van der Waals surface area (Å²) < 4.78 is 4.95. The second kappa shape index (κ2) is 7.20. The Morgan fingerprint density at radius 3 is 2.67 bits per heavy atom. The van der Waals surface area contributed by atoms with Crippen LogP contribution < -0.4 is 5.32 Å². The summed E-state index contributed by atoms with van der Waals surface area (Å²) in [7, 11) is 1.62. The molecule has 1 rings (SSSR count). The van der Waals surface area contributed by atoms with Gasteiger partial charge in [0.2, 0.25) is 0 Å². The molecule has 1 atom stereocenters. The van der Waals surface area contributed by atoms with Gasteiger partial charge in [0.1, 0.15) is 0 Å². The Labute approximate surface area is 107 Å². The fourth-order valence-electron chi connectivity index (χ4n) is 1.71. The number of amides is 2. The van der Waals surface area contributed by atoms with Crippen molar-refractivity contribution in [3.8, 4) is 0 Å². The Kier molecular flexibility index (Phi) is 5.91. The molecule has 0 aromatic heterocycles. The number of hydrogen-bond acceptors (Lipinski definition) is 3. The number of ether oxygens (including phenoxy) is 1. The lowest BCUT2D eigenvalue weighted by Crippen LogP contribution is -2.46. The molecule has 0 aliphatic heterocycles. The first kappa shape index (κ1) is 14.8. The van der Waals surface area contributed by atoms with Crippen molar-refractivity contribution in [2.75, 3.05) is 20.3 Å². The molecule has 6 heteroatoms. The second-order valence-corrected chi connectivity index (χ2v) is 4.70. The van der Waals surface area contributed by atoms with Crippen molar-refractivity contribution in [3.63, 3.8) is 0 Å². The predicted octanol–water partition coefficient (Wildman–Crippen LogP) is 1.06. The molecule has 0 saturated heterocycles. The van der Waals surface area contributed by atoms with Crippen molar-refractivity contribution in [2.45, 2.75) is 44.7 Å². The summed E-state index contributed by atoms with van der Waals surface area (Å²) in [5.41, 5.74) is 0. The highest BCUT2D eigenvalue weighted by Gasteiger charge is 2.32. The number of nitrogens with zero attached hydrogens (tertiary/aromatic N) is 1. The monoisotopic (exact) mass is 258 g/mol. The first-order valence-electron chi connectivity index (χ1n) is 6.32. The van der Waals surface area contributed by atoms with E-state index in [0.29, 0.717) is 6.61 Å². The third-order valence-electron chi connectivity index (χ3n) is 2.94. The number of carboxylic acids is 1. The average Bonchev–Trinajstić information content (AvgIpc) is 3.10. The molecule has 0 spiro atoms. The number of rotatable bonds is 8. The van der Waals surface area contributed by atoms with Crippen LogP contribution in [0.3, 0.4) is 0 Å². The Bertz CT molecular complexity index is 292. The molecule has 1 fully saturated rings. The zero-order valence-electron chi connectivity index (χ0n) is 11.0. The average molecular weight is 258 g/mol. The normalized spacial score (nSPS) is 16.1. The van der Waals surface area contributed by atoms with E-state index in [0.717, 1.165) is 19.3 Å². The standard InChI is InChI=1S/C12H22N2O4/c1-9(6-8-18-2)13-12(17)14(10-3-4-10)7-5-11(15)16/h9-10H,3-8H2,1-2H3,(H,13,17)(H,15,16). The Hall–Kier alpha value is -1.30. The molecule has 0 bridgehead atoms. The van der Waals surface area contributed by atoms with E-state index in [1.165, 1.54) is 0 Å². The largest absolute Gasteiger partial charge is 0.481 e. The third kappa shape index (κ3) is 5.35. The minimum Gasteiger partial charge on any atom is -0.481 e. The molecule has 0 radical (unpaired) electrons. The van der Waals surface area contributed by atoms with Crippen molar-refractivity contribution in [2.24, 2.45) is 0 Å². The molecule has 6 nitrogen and oxygen atoms in total. The minimum atomic E-state index is -0.874. The fraction of sp³-hybridized carbons (Fsp3) is 0.833. The van der Waals surface area contributed by atoms with E-state index in [9.17, 15) is 9.59 Å². The number of carboxylic acid groups (broad SMARTS) is 1. The Morgan fingerprint density at radius 1 is 1.50 bits per heavy atom. The Morgan fingerprint density at radius 2 is 2.17 bits per heavy atom. The summed E-state index contributed by atoms with van der Waals surface area (Å²) in [5, 5.41) is 11.5. The number of carbonyl (C=O) groups is 2. The van der Waals surface area contributed by atoms with Gasteiger partial charge in [0.15, 0.2) is 0 Å². The van der Waals surface area contributed by atoms with Gasteiger partial charge >= 0.3 is 12.0 Å². The van der Waals surface area contributed by atoms with E-state index >= 15 is 0 Å². The molecular weight excluding hydrogens is 236 g/mol. The van der Waals surface area contributed by atoms with Gasteiger partial charge in [-0.3, -0.25) is 4.79 Å². The van der Waals surface area contributed by atoms with Gasteiger partial charge in [-0.15, -0.1) is 0 Å². The molecule has 1 aliphatic rings. The molecule has 18 heavy (non-hydrogen) atoms. The molecule has 0 aromatic carbocycles. The van der Waals surface area contributed by atoms with E-state index in [4.69, 9.17) is 9.84 Å². The number of nitrogens with one attached hydrogen (secondary N) is 1. The van der Waals surface area contributed by atoms with E-state index in [1.807, 2.05) is 6.92 Å². The van der Waals surface area contributed by atoms with Gasteiger partial charge in [-0.25, -0.2) is 4.79 Å². The van der Waals surface area contributed by atoms with Gasteiger partial charge in [0.25, 0.3) is 0 Å². The van der Waals surface area contributed by atoms with Gasteiger partial charge in [0.05, 0.1) is 6.42 Å². The highest BCUT2D eigenvalue weighted by Crippen LogP contribution is 2.27. The highest BCUT2D eigenvalue weighted by molar-refractivity contribution is 5.76. The van der Waals surface area contributed by atoms with E-state index in [1.54, 1.807) is 12.0 Å². The van der Waals surface area contributed by atoms with Crippen LogP contribution in [0, 0.1) is 0 Å². The zero-order chi connectivity index (χ0) is 13.5. The van der Waals surface area contributed by atoms with Gasteiger partial charge in [-0.05, 0) is 26.2 Å². The van der Waals surface area contributed by atoms with Gasteiger partial charge in [0, 0.05) is 32.3 Å². The van der Waals surface area contributed by atoms with Crippen molar-refractivity contribution in [3.05, 3.63) is 0 Å². The van der Waals surface area contributed by atoms with Crippen LogP contribution in [-0.2, 0) is 9.53 Å². The van der Waals surface area contributed by atoms with Crippen LogP contribution >= 0.6 is 0 Å². The maximum Gasteiger partial charge on any atom is 0.317 e. The van der Waals surface area contributed by atoms with E-state index in [-0.39, 0.29) is 31.1 Å². The van der Waals surface area contributed by atoms with Crippen LogP contribution in [0.1, 0.15) is 32.6 Å². The topological polar surface area (TPSA) is 78.9 Å². The van der Waals surface area contributed by atoms with Crippen LogP contribution in [0.15, 0.2) is 0 Å². The quantitative estimate of drug-likeness (QED) is 0.682. The minimum absolute atomic E-state index is 0.00360. The lowest BCUT2D eigenvalue weighted by atomic mass is 10.2. The maximum atomic E-state index is 12.0. The van der Waals surface area contributed by atoms with Gasteiger partial charge in [-0.1, -0.05) is 0 Å². The Balaban J connectivity index is 2.36. The smallest absolute Gasteiger partial charge is 0.317 e. The molecular formula is C12H22N2O4. The summed E-state index contributed by atoms with van der Waals surface area (Å²) in [4.78, 5) is 24.2. The summed E-state index contributed by atoms with van der Waals surface area (Å²) in [6.45, 7) is 2.79. The predicted molar refractivity (Wildman–Crippen MR) is 66.5 cm³/mol. The SMILES string of the molecule is COCCC(C)NC(=O)N(CCC(=O)O)C1CC1. The molecule has 1 aliphatic carbocycles. The summed E-state index contributed by atoms with van der Waals surface area (Å²) in [6.07, 6.45) is 2.69. The van der Waals surface area contributed by atoms with E-state index < -0.39 is 5.97 Å². The molecule has 1 saturated carbocycles. The number of urea groups is 1. The highest BCUT2D eigenvalue weighted by atomic mass is 16.5. The molecule has 1 unspecified atom stereocenters. The molecule has 0 heterocycles. The lowest BCUT2D eigenvalue weighted by molar-refractivity contribution is -0.137. The molecule has 2 amide bonds. The molecule has 0 aromatic rings. The summed E-state index contributed by atoms with van der Waals surface area (Å²) in [5.74, 6) is -0.874. The fourth-order valence-corrected chi connectivity index (χ4v) is 1.71. The molecule has 104 valence electrons. The van der Waals surface area contributed by atoms with Crippen molar-refractivity contribution < 1.29 is 19.4 Å². The first-order chi connectivity index (χ1) is 8.54. The summed E-state index contributed by atoms with van der Waals surface area (Å²) >= 11 is 0. The molecule has 2 N–H and O–H groups in total. The first-order valence-corrected chi connectivity index (χ1v) is 6.32. The van der Waals surface area contributed by atoms with Crippen molar-refractivity contribution >= 4 is 12.0 Å². The van der Waals surface area contributed by atoms with Crippen LogP contribution in [0.5, 0.6) is 0 Å². The van der Waals surface area contributed by atoms with Crippen molar-refractivity contribution in [1.82, 2.24) is 10.2 Å². The zero-order valence-corrected chi connectivity index (χ0v) is 11.0. The number of methoxy groups -OCH3 is 1. The second-order valence-electron chi connectivity index (χ2n) is 4.70. The van der Waals surface area contributed by atoms with Gasteiger partial charge < -0.3 is 20.1 Å². The maximum absolute atomic E-state index is 12.0. The summed E-state index contributed by atoms with van der Waals surface area (Å²) in [6, 6.07) is 0.0878. The van der Waals surface area contributed by atoms with Crippen LogP contribution in [0.2, 0.25) is 0 Å². The van der Waals surface area contributed by atoms with Crippen LogP contribution in [0.4, 0.5) is 4.79 Å². The number of carbonyl (C=O) groups excluding carboxylic acids is 1. The van der Waals surface area contributed by atoms with Crippen molar-refractivity contribution in [1.29, 1.82) is 0 Å². The lowest BCUT2D eigenvalue weighted by Gasteiger charge is -2.24. The van der Waals surface area contributed by atoms with Crippen LogP contribution in [0.25, 0.3) is 0 Å². The van der Waals surface area contributed by atoms with Gasteiger partial charge in [-0.2, -0.15) is 0 Å².